The highest BCUT2D eigenvalue weighted by Crippen LogP contribution is 2.20. The van der Waals surface area contributed by atoms with Crippen LogP contribution >= 0.6 is 34.2 Å². The molecule has 0 atom stereocenters. The Morgan fingerprint density at radius 3 is 2.39 bits per heavy atom. The van der Waals surface area contributed by atoms with E-state index in [-0.39, 0.29) is 15.9 Å². The second kappa shape index (κ2) is 5.41. The Kier molecular flexibility index (Phi) is 4.08. The fourth-order valence-electron chi connectivity index (χ4n) is 1.27. The molecule has 0 aliphatic heterocycles. The first-order chi connectivity index (χ1) is 8.49. The molecule has 1 aromatic heterocycles. The smallest absolute Gasteiger partial charge is 0.263 e. The van der Waals surface area contributed by atoms with Crippen LogP contribution in [0, 0.1) is 3.57 Å². The highest BCUT2D eigenvalue weighted by Gasteiger charge is 2.14. The van der Waals surface area contributed by atoms with E-state index in [9.17, 15) is 8.42 Å². The van der Waals surface area contributed by atoms with Crippen molar-refractivity contribution in [1.82, 2.24) is 4.98 Å². The van der Waals surface area contributed by atoms with Crippen molar-refractivity contribution in [1.29, 1.82) is 0 Å². The fourth-order valence-corrected chi connectivity index (χ4v) is 2.75. The molecule has 18 heavy (non-hydrogen) atoms. The lowest BCUT2D eigenvalue weighted by atomic mass is 10.4. The van der Waals surface area contributed by atoms with E-state index in [1.807, 2.05) is 22.6 Å². The second-order valence-electron chi connectivity index (χ2n) is 3.39. The summed E-state index contributed by atoms with van der Waals surface area (Å²) >= 11 is 7.85. The number of pyridine rings is 1. The molecule has 0 bridgehead atoms. The van der Waals surface area contributed by atoms with Gasteiger partial charge >= 0.3 is 0 Å². The number of benzene rings is 1. The van der Waals surface area contributed by atoms with E-state index in [2.05, 4.69) is 9.71 Å². The first-order valence-electron chi connectivity index (χ1n) is 4.89. The van der Waals surface area contributed by atoms with Crippen LogP contribution in [0.15, 0.2) is 47.4 Å². The van der Waals surface area contributed by atoms with Crippen molar-refractivity contribution in [2.24, 2.45) is 0 Å². The zero-order valence-electron chi connectivity index (χ0n) is 8.97. The number of nitrogens with zero attached hydrogens (tertiary/aromatic N) is 1. The Labute approximate surface area is 124 Å². The SMILES string of the molecule is O=S(=O)(Nc1ccc(I)c(Cl)n1)c1ccccc1. The van der Waals surface area contributed by atoms with Crippen molar-refractivity contribution in [3.63, 3.8) is 0 Å². The van der Waals surface area contributed by atoms with Crippen molar-refractivity contribution in [2.45, 2.75) is 4.90 Å². The molecule has 0 radical (unpaired) electrons. The zero-order valence-corrected chi connectivity index (χ0v) is 12.7. The molecular formula is C11H8ClIN2O2S. The van der Waals surface area contributed by atoms with Crippen molar-refractivity contribution < 1.29 is 8.42 Å². The largest absolute Gasteiger partial charge is 0.263 e. The number of hydrogen-bond acceptors (Lipinski definition) is 3. The molecule has 0 saturated heterocycles. The number of anilines is 1. The van der Waals surface area contributed by atoms with E-state index in [4.69, 9.17) is 11.6 Å². The van der Waals surface area contributed by atoms with Gasteiger partial charge in [-0.15, -0.1) is 0 Å². The molecule has 0 saturated carbocycles. The quantitative estimate of drug-likeness (QED) is 0.643. The van der Waals surface area contributed by atoms with E-state index in [0.717, 1.165) is 3.57 Å². The summed E-state index contributed by atoms with van der Waals surface area (Å²) in [6.07, 6.45) is 0. The molecule has 1 heterocycles. The van der Waals surface area contributed by atoms with E-state index in [1.54, 1.807) is 30.3 Å². The molecule has 2 aromatic rings. The molecule has 94 valence electrons. The minimum atomic E-state index is -3.62. The van der Waals surface area contributed by atoms with Crippen LogP contribution in [-0.2, 0) is 10.0 Å². The minimum absolute atomic E-state index is 0.182. The summed E-state index contributed by atoms with van der Waals surface area (Å²) in [7, 11) is -3.62. The van der Waals surface area contributed by atoms with E-state index < -0.39 is 10.0 Å². The standard InChI is InChI=1S/C11H8ClIN2O2S/c12-11-9(13)6-7-10(14-11)15-18(16,17)8-4-2-1-3-5-8/h1-7H,(H,14,15). The highest BCUT2D eigenvalue weighted by atomic mass is 127. The molecule has 0 unspecified atom stereocenters. The first kappa shape index (κ1) is 13.6. The molecule has 2 rings (SSSR count). The molecule has 1 N–H and O–H groups in total. The minimum Gasteiger partial charge on any atom is -0.263 e. The highest BCUT2D eigenvalue weighted by molar-refractivity contribution is 14.1. The summed E-state index contributed by atoms with van der Waals surface area (Å²) in [4.78, 5) is 4.13. The normalized spacial score (nSPS) is 11.2. The van der Waals surface area contributed by atoms with Gasteiger partial charge in [-0.25, -0.2) is 13.4 Å². The van der Waals surface area contributed by atoms with E-state index >= 15 is 0 Å². The number of hydrogen-bond donors (Lipinski definition) is 1. The van der Waals surface area contributed by atoms with Crippen LogP contribution in [0.2, 0.25) is 5.15 Å². The first-order valence-corrected chi connectivity index (χ1v) is 7.83. The van der Waals surface area contributed by atoms with Gasteiger partial charge < -0.3 is 0 Å². The lowest BCUT2D eigenvalue weighted by molar-refractivity contribution is 0.601. The van der Waals surface area contributed by atoms with Gasteiger partial charge in [0.15, 0.2) is 0 Å². The number of rotatable bonds is 3. The topological polar surface area (TPSA) is 59.1 Å². The summed E-state index contributed by atoms with van der Waals surface area (Å²) < 4.78 is 27.1. The Bertz CT molecular complexity index is 662. The lowest BCUT2D eigenvalue weighted by Crippen LogP contribution is -2.13. The van der Waals surface area contributed by atoms with Crippen LogP contribution in [0.5, 0.6) is 0 Å². The number of nitrogens with one attached hydrogen (secondary N) is 1. The van der Waals surface area contributed by atoms with E-state index in [1.165, 1.54) is 12.1 Å². The van der Waals surface area contributed by atoms with E-state index in [0.29, 0.717) is 0 Å². The summed E-state index contributed by atoms with van der Waals surface area (Å²) in [5, 5.41) is 0.267. The number of halogens is 2. The van der Waals surface area contributed by atoms with Gasteiger partial charge in [-0.05, 0) is 46.9 Å². The molecule has 7 heteroatoms. The maximum atomic E-state index is 12.0. The van der Waals surface area contributed by atoms with Crippen LogP contribution in [0.25, 0.3) is 0 Å². The fraction of sp³-hybridized carbons (Fsp3) is 0. The van der Waals surface area contributed by atoms with Gasteiger partial charge in [0.05, 0.1) is 8.47 Å². The molecule has 0 fully saturated rings. The average Bonchev–Trinajstić information content (AvgIpc) is 2.35. The molecule has 1 aromatic carbocycles. The van der Waals surface area contributed by atoms with Crippen molar-refractivity contribution in [2.75, 3.05) is 4.72 Å². The van der Waals surface area contributed by atoms with Crippen LogP contribution in [0.3, 0.4) is 0 Å². The Morgan fingerprint density at radius 1 is 1.11 bits per heavy atom. The molecule has 0 aliphatic rings. The third kappa shape index (κ3) is 3.12. The van der Waals surface area contributed by atoms with Crippen molar-refractivity contribution >= 4 is 50.0 Å². The lowest BCUT2D eigenvalue weighted by Gasteiger charge is -2.07. The molecule has 4 nitrogen and oxygen atoms in total. The average molecular weight is 395 g/mol. The van der Waals surface area contributed by atoms with Gasteiger partial charge in [0.1, 0.15) is 11.0 Å². The Balaban J connectivity index is 2.31. The second-order valence-corrected chi connectivity index (χ2v) is 6.59. The van der Waals surface area contributed by atoms with Crippen LogP contribution in [0.4, 0.5) is 5.82 Å². The van der Waals surface area contributed by atoms with Gasteiger partial charge in [-0.2, -0.15) is 0 Å². The molecule has 0 amide bonds. The monoisotopic (exact) mass is 394 g/mol. The zero-order chi connectivity index (χ0) is 13.2. The maximum Gasteiger partial charge on any atom is 0.263 e. The van der Waals surface area contributed by atoms with Gasteiger partial charge in [0.2, 0.25) is 0 Å². The predicted molar refractivity (Wildman–Crippen MR) is 79.2 cm³/mol. The summed E-state index contributed by atoms with van der Waals surface area (Å²) in [6.45, 7) is 0. The summed E-state index contributed by atoms with van der Waals surface area (Å²) in [5.74, 6) is 0.198. The summed E-state index contributed by atoms with van der Waals surface area (Å²) in [6, 6.07) is 11.3. The third-order valence-corrected chi connectivity index (χ3v) is 4.94. The third-order valence-electron chi connectivity index (χ3n) is 2.10. The van der Waals surface area contributed by atoms with Crippen LogP contribution in [0.1, 0.15) is 0 Å². The summed E-state index contributed by atoms with van der Waals surface area (Å²) in [5.41, 5.74) is 0. The number of sulfonamides is 1. The maximum absolute atomic E-state index is 12.0. The Morgan fingerprint density at radius 2 is 1.78 bits per heavy atom. The van der Waals surface area contributed by atoms with Crippen LogP contribution in [-0.4, -0.2) is 13.4 Å². The van der Waals surface area contributed by atoms with Crippen LogP contribution < -0.4 is 4.72 Å². The molecule has 0 spiro atoms. The van der Waals surface area contributed by atoms with Gasteiger partial charge in [0.25, 0.3) is 10.0 Å². The van der Waals surface area contributed by atoms with Gasteiger partial charge in [-0.1, -0.05) is 29.8 Å². The van der Waals surface area contributed by atoms with Crippen molar-refractivity contribution in [3.8, 4) is 0 Å². The Hall–Kier alpha value is -0.860. The predicted octanol–water partition coefficient (Wildman–Crippen LogP) is 3.14. The number of aromatic nitrogens is 1. The molecule has 0 aliphatic carbocycles. The van der Waals surface area contributed by atoms with Crippen molar-refractivity contribution in [3.05, 3.63) is 51.2 Å². The van der Waals surface area contributed by atoms with Gasteiger partial charge in [0, 0.05) is 0 Å². The molecular weight excluding hydrogens is 387 g/mol. The van der Waals surface area contributed by atoms with Gasteiger partial charge in [-0.3, -0.25) is 4.72 Å².